The SMILES string of the molecule is CN1CCOCC1.c1ccc([PH](c2ccccc2)(c2ccccc2)c2ccccc2)cc1. The van der Waals surface area contributed by atoms with Crippen LogP contribution in [0.5, 0.6) is 0 Å². The Balaban J connectivity index is 0.000000300. The van der Waals surface area contributed by atoms with Crippen molar-refractivity contribution >= 4 is 28.5 Å². The molecular weight excluding hydrogens is 409 g/mol. The summed E-state index contributed by atoms with van der Waals surface area (Å²) in [7, 11) is -0.186. The summed E-state index contributed by atoms with van der Waals surface area (Å²) in [5.41, 5.74) is 0. The van der Waals surface area contributed by atoms with Crippen LogP contribution in [0.2, 0.25) is 0 Å². The van der Waals surface area contributed by atoms with Gasteiger partial charge in [0, 0.05) is 13.1 Å². The molecule has 0 bridgehead atoms. The van der Waals surface area contributed by atoms with E-state index >= 15 is 0 Å². The Morgan fingerprint density at radius 2 is 0.781 bits per heavy atom. The molecule has 4 aromatic rings. The van der Waals surface area contributed by atoms with Crippen LogP contribution < -0.4 is 21.2 Å². The summed E-state index contributed by atoms with van der Waals surface area (Å²) < 4.78 is 5.10. The number of morpholine rings is 1. The van der Waals surface area contributed by atoms with Crippen LogP contribution in [0.15, 0.2) is 121 Å². The Kier molecular flexibility index (Phi) is 7.85. The molecule has 1 heterocycles. The Labute approximate surface area is 192 Å². The molecule has 1 fully saturated rings. The van der Waals surface area contributed by atoms with Gasteiger partial charge in [-0.05, 0) is 7.05 Å². The normalized spacial score (nSPS) is 14.8. The number of likely N-dealkylation sites (N-methyl/N-ethyl adjacent to an activating group) is 1. The second-order valence-electron chi connectivity index (χ2n) is 8.13. The zero-order chi connectivity index (χ0) is 22.1. The van der Waals surface area contributed by atoms with Gasteiger partial charge in [-0.25, -0.2) is 0 Å². The van der Waals surface area contributed by atoms with Gasteiger partial charge in [0.25, 0.3) is 0 Å². The molecule has 1 aliphatic heterocycles. The standard InChI is InChI=1S/C24H21P.C5H11NO/c1-5-13-21(14-6-1)25(22-15-7-2-8-16-22,23-17-9-3-10-18-23)24-19-11-4-12-20-24;1-6-2-4-7-5-3-6/h1-20,25H;2-5H2,1H3. The molecule has 1 saturated heterocycles. The van der Waals surface area contributed by atoms with Gasteiger partial charge in [-0.2, -0.15) is 0 Å². The zero-order valence-electron chi connectivity index (χ0n) is 18.7. The van der Waals surface area contributed by atoms with Gasteiger partial charge in [-0.15, -0.1) is 0 Å². The molecule has 0 amide bonds. The minimum atomic E-state index is -2.30. The molecule has 2 nitrogen and oxygen atoms in total. The van der Waals surface area contributed by atoms with Crippen molar-refractivity contribution < 1.29 is 4.74 Å². The summed E-state index contributed by atoms with van der Waals surface area (Å²) in [6.07, 6.45) is 0. The molecule has 0 aliphatic carbocycles. The number of hydrogen-bond donors (Lipinski definition) is 0. The first-order valence-electron chi connectivity index (χ1n) is 11.3. The van der Waals surface area contributed by atoms with E-state index < -0.39 is 7.26 Å². The fraction of sp³-hybridized carbons (Fsp3) is 0.172. The third kappa shape index (κ3) is 5.00. The van der Waals surface area contributed by atoms with E-state index in [-0.39, 0.29) is 0 Å². The van der Waals surface area contributed by atoms with Crippen LogP contribution in [0.25, 0.3) is 0 Å². The molecule has 164 valence electrons. The van der Waals surface area contributed by atoms with Gasteiger partial charge >= 0.3 is 150 Å². The second kappa shape index (κ2) is 11.2. The van der Waals surface area contributed by atoms with Crippen LogP contribution >= 0.6 is 7.26 Å². The summed E-state index contributed by atoms with van der Waals surface area (Å²) in [4.78, 5) is 2.27. The van der Waals surface area contributed by atoms with E-state index in [0.29, 0.717) is 0 Å². The third-order valence-electron chi connectivity index (χ3n) is 6.06. The molecule has 0 unspecified atom stereocenters. The second-order valence-corrected chi connectivity index (χ2v) is 11.9. The van der Waals surface area contributed by atoms with Crippen molar-refractivity contribution in [3.05, 3.63) is 121 Å². The van der Waals surface area contributed by atoms with Crippen molar-refractivity contribution in [1.29, 1.82) is 0 Å². The van der Waals surface area contributed by atoms with Crippen LogP contribution in [0.3, 0.4) is 0 Å². The van der Waals surface area contributed by atoms with E-state index in [1.165, 1.54) is 21.2 Å². The third-order valence-corrected chi connectivity index (χ3v) is 10.9. The summed E-state index contributed by atoms with van der Waals surface area (Å²) >= 11 is 0. The Morgan fingerprint density at radius 1 is 0.500 bits per heavy atom. The van der Waals surface area contributed by atoms with Gasteiger partial charge in [0.05, 0.1) is 13.2 Å². The first-order chi connectivity index (χ1) is 15.8. The predicted octanol–water partition coefficient (Wildman–Crippen LogP) is 3.99. The maximum atomic E-state index is 5.10. The van der Waals surface area contributed by atoms with Gasteiger partial charge in [0.1, 0.15) is 0 Å². The van der Waals surface area contributed by atoms with Gasteiger partial charge in [-0.3, -0.25) is 0 Å². The van der Waals surface area contributed by atoms with Gasteiger partial charge in [-0.1, -0.05) is 0 Å². The van der Waals surface area contributed by atoms with Gasteiger partial charge in [0.15, 0.2) is 0 Å². The minimum absolute atomic E-state index is 0.913. The van der Waals surface area contributed by atoms with Crippen molar-refractivity contribution in [3.8, 4) is 0 Å². The van der Waals surface area contributed by atoms with Crippen molar-refractivity contribution in [1.82, 2.24) is 4.90 Å². The molecule has 1 aliphatic rings. The van der Waals surface area contributed by atoms with E-state index in [1.807, 2.05) is 0 Å². The van der Waals surface area contributed by atoms with E-state index in [9.17, 15) is 0 Å². The molecule has 5 rings (SSSR count). The molecule has 0 atom stereocenters. The summed E-state index contributed by atoms with van der Waals surface area (Å²) in [5.74, 6) is 0. The molecule has 4 aromatic carbocycles. The summed E-state index contributed by atoms with van der Waals surface area (Å²) in [5, 5.41) is 5.66. The fourth-order valence-corrected chi connectivity index (χ4v) is 9.18. The maximum absolute atomic E-state index is 5.10. The molecule has 3 heteroatoms. The zero-order valence-corrected chi connectivity index (χ0v) is 19.7. The number of ether oxygens (including phenoxy) is 1. The van der Waals surface area contributed by atoms with Crippen molar-refractivity contribution in [3.63, 3.8) is 0 Å². The Hall–Kier alpha value is -2.77. The first kappa shape index (κ1) is 22.4. The number of nitrogens with zero attached hydrogens (tertiary/aromatic N) is 1. The van der Waals surface area contributed by atoms with E-state index in [0.717, 1.165) is 26.3 Å². The van der Waals surface area contributed by atoms with E-state index in [2.05, 4.69) is 133 Å². The average molecular weight is 442 g/mol. The number of rotatable bonds is 4. The quantitative estimate of drug-likeness (QED) is 0.444. The Bertz CT molecular complexity index is 886. The van der Waals surface area contributed by atoms with Crippen molar-refractivity contribution in [2.75, 3.05) is 33.4 Å². The molecule has 0 aromatic heterocycles. The Morgan fingerprint density at radius 3 is 1.00 bits per heavy atom. The van der Waals surface area contributed by atoms with Crippen LogP contribution in [-0.2, 0) is 4.74 Å². The van der Waals surface area contributed by atoms with E-state index in [4.69, 9.17) is 4.74 Å². The summed E-state index contributed by atoms with van der Waals surface area (Å²) in [6.45, 7) is 4.02. The first-order valence-corrected chi connectivity index (χ1v) is 13.3. The van der Waals surface area contributed by atoms with Crippen LogP contribution in [0, 0.1) is 0 Å². The van der Waals surface area contributed by atoms with Crippen LogP contribution in [-0.4, -0.2) is 38.3 Å². The molecule has 0 spiro atoms. The monoisotopic (exact) mass is 441 g/mol. The van der Waals surface area contributed by atoms with Crippen LogP contribution in [0.1, 0.15) is 0 Å². The fourth-order valence-electron chi connectivity index (χ4n) is 4.41. The summed E-state index contributed by atoms with van der Waals surface area (Å²) in [6, 6.07) is 44.0. The molecule has 0 radical (unpaired) electrons. The van der Waals surface area contributed by atoms with Crippen molar-refractivity contribution in [2.24, 2.45) is 0 Å². The van der Waals surface area contributed by atoms with Gasteiger partial charge < -0.3 is 9.64 Å². The number of hydrogen-bond acceptors (Lipinski definition) is 2. The van der Waals surface area contributed by atoms with Crippen LogP contribution in [0.4, 0.5) is 0 Å². The topological polar surface area (TPSA) is 12.5 Å². The molecule has 0 N–H and O–H groups in total. The molecule has 32 heavy (non-hydrogen) atoms. The molecular formula is C29H32NOP. The average Bonchev–Trinajstić information content (AvgIpc) is 2.88. The van der Waals surface area contributed by atoms with Gasteiger partial charge in [0.2, 0.25) is 0 Å². The molecule has 0 saturated carbocycles. The van der Waals surface area contributed by atoms with Crippen molar-refractivity contribution in [2.45, 2.75) is 0 Å². The predicted molar refractivity (Wildman–Crippen MR) is 141 cm³/mol. The number of benzene rings is 4. The van der Waals surface area contributed by atoms with E-state index in [1.54, 1.807) is 0 Å².